The summed E-state index contributed by atoms with van der Waals surface area (Å²) in [5, 5.41) is 0. The third-order valence-corrected chi connectivity index (χ3v) is 8.10. The highest BCUT2D eigenvalue weighted by molar-refractivity contribution is 5.29. The fraction of sp³-hybridized carbons (Fsp3) is 0.444. The van der Waals surface area contributed by atoms with Crippen molar-refractivity contribution in [3.63, 3.8) is 0 Å². The Balaban J connectivity index is 1.37. The molecule has 2 heteroatoms. The number of hydrogen-bond acceptors (Lipinski definition) is 2. The van der Waals surface area contributed by atoms with E-state index in [1.54, 1.807) is 11.1 Å². The van der Waals surface area contributed by atoms with E-state index in [1.807, 2.05) is 0 Å². The first-order chi connectivity index (χ1) is 18.7. The van der Waals surface area contributed by atoms with E-state index in [2.05, 4.69) is 95.8 Å². The van der Waals surface area contributed by atoms with E-state index in [0.29, 0.717) is 0 Å². The van der Waals surface area contributed by atoms with Gasteiger partial charge < -0.3 is 0 Å². The van der Waals surface area contributed by atoms with Gasteiger partial charge in [0.2, 0.25) is 0 Å². The number of benzene rings is 2. The largest absolute Gasteiger partial charge is 0.295 e. The fourth-order valence-electron chi connectivity index (χ4n) is 5.74. The van der Waals surface area contributed by atoms with Crippen molar-refractivity contribution in [2.45, 2.75) is 77.3 Å². The molecule has 0 spiro atoms. The van der Waals surface area contributed by atoms with Crippen LogP contribution in [0.15, 0.2) is 108 Å². The van der Waals surface area contributed by atoms with Crippen molar-refractivity contribution >= 4 is 0 Å². The minimum absolute atomic E-state index is 0.880. The predicted molar refractivity (Wildman–Crippen MR) is 164 cm³/mol. The molecule has 2 nitrogen and oxygen atoms in total. The van der Waals surface area contributed by atoms with Gasteiger partial charge in [0.15, 0.2) is 0 Å². The molecule has 0 saturated carbocycles. The Morgan fingerprint density at radius 1 is 0.579 bits per heavy atom. The fourth-order valence-corrected chi connectivity index (χ4v) is 5.74. The second kappa shape index (κ2) is 15.7. The van der Waals surface area contributed by atoms with Gasteiger partial charge in [0.1, 0.15) is 0 Å². The summed E-state index contributed by atoms with van der Waals surface area (Å²) in [6, 6.07) is 21.8. The lowest BCUT2D eigenvalue weighted by molar-refractivity contribution is 0.278. The Bertz CT molecular complexity index is 976. The highest BCUT2D eigenvalue weighted by atomic mass is 15.1. The average molecular weight is 509 g/mol. The molecule has 0 unspecified atom stereocenters. The molecule has 0 amide bonds. The van der Waals surface area contributed by atoms with Crippen LogP contribution in [0.25, 0.3) is 0 Å². The molecule has 0 bridgehead atoms. The molecule has 38 heavy (non-hydrogen) atoms. The van der Waals surface area contributed by atoms with Crippen LogP contribution >= 0.6 is 0 Å². The number of rotatable bonds is 15. The van der Waals surface area contributed by atoms with Crippen molar-refractivity contribution in [1.29, 1.82) is 0 Å². The van der Waals surface area contributed by atoms with Crippen LogP contribution < -0.4 is 0 Å². The molecule has 0 aliphatic heterocycles. The van der Waals surface area contributed by atoms with Crippen LogP contribution in [0.3, 0.4) is 0 Å². The van der Waals surface area contributed by atoms with Gasteiger partial charge in [0.25, 0.3) is 0 Å². The molecule has 0 aromatic heterocycles. The van der Waals surface area contributed by atoms with E-state index in [9.17, 15) is 0 Å². The molecule has 0 fully saturated rings. The second-order valence-corrected chi connectivity index (χ2v) is 11.3. The van der Waals surface area contributed by atoms with Crippen molar-refractivity contribution < 1.29 is 0 Å². The van der Waals surface area contributed by atoms with Crippen LogP contribution in [0.4, 0.5) is 0 Å². The molecule has 4 rings (SSSR count). The van der Waals surface area contributed by atoms with E-state index < -0.39 is 0 Å². The molecule has 0 saturated heterocycles. The van der Waals surface area contributed by atoms with Crippen LogP contribution in [0.5, 0.6) is 0 Å². The van der Waals surface area contributed by atoms with E-state index in [-0.39, 0.29) is 0 Å². The maximum atomic E-state index is 4.55. The SMILES string of the molecule is C=C(CN(CCC1=CCCCC1)Cc1ccccc1)C(=C)CN(CCC1=CCCCC1)Cc1ccccc1. The van der Waals surface area contributed by atoms with Crippen molar-refractivity contribution in [3.05, 3.63) is 119 Å². The monoisotopic (exact) mass is 508 g/mol. The minimum atomic E-state index is 0.880. The van der Waals surface area contributed by atoms with Gasteiger partial charge in [-0.15, -0.1) is 0 Å². The molecule has 0 N–H and O–H groups in total. The minimum Gasteiger partial charge on any atom is -0.295 e. The average Bonchev–Trinajstić information content (AvgIpc) is 2.97. The molecule has 0 heterocycles. The zero-order valence-electron chi connectivity index (χ0n) is 23.6. The van der Waals surface area contributed by atoms with Gasteiger partial charge >= 0.3 is 0 Å². The Morgan fingerprint density at radius 3 is 1.37 bits per heavy atom. The summed E-state index contributed by atoms with van der Waals surface area (Å²) in [6.45, 7) is 14.9. The van der Waals surface area contributed by atoms with E-state index in [1.165, 1.54) is 86.5 Å². The van der Waals surface area contributed by atoms with E-state index in [0.717, 1.165) is 39.3 Å². The van der Waals surface area contributed by atoms with Gasteiger partial charge in [0.05, 0.1) is 0 Å². The van der Waals surface area contributed by atoms with Crippen LogP contribution in [-0.4, -0.2) is 36.0 Å². The summed E-state index contributed by atoms with van der Waals surface area (Å²) in [7, 11) is 0. The first-order valence-electron chi connectivity index (χ1n) is 14.9. The molecular formula is C36H48N2. The van der Waals surface area contributed by atoms with Crippen LogP contribution in [0.2, 0.25) is 0 Å². The third kappa shape index (κ3) is 9.89. The van der Waals surface area contributed by atoms with Gasteiger partial charge in [-0.25, -0.2) is 0 Å². The second-order valence-electron chi connectivity index (χ2n) is 11.3. The number of hydrogen-bond donors (Lipinski definition) is 0. The van der Waals surface area contributed by atoms with Crippen molar-refractivity contribution in [1.82, 2.24) is 9.80 Å². The zero-order chi connectivity index (χ0) is 26.4. The molecule has 0 radical (unpaired) electrons. The highest BCUT2D eigenvalue weighted by Crippen LogP contribution is 2.23. The highest BCUT2D eigenvalue weighted by Gasteiger charge is 2.15. The van der Waals surface area contributed by atoms with E-state index >= 15 is 0 Å². The zero-order valence-corrected chi connectivity index (χ0v) is 23.6. The first-order valence-corrected chi connectivity index (χ1v) is 14.9. The molecular weight excluding hydrogens is 460 g/mol. The topological polar surface area (TPSA) is 6.48 Å². The summed E-state index contributed by atoms with van der Waals surface area (Å²) >= 11 is 0. The quantitative estimate of drug-likeness (QED) is 0.175. The first kappa shape index (κ1) is 28.3. The van der Waals surface area contributed by atoms with Crippen molar-refractivity contribution in [3.8, 4) is 0 Å². The van der Waals surface area contributed by atoms with Gasteiger partial charge in [-0.1, -0.05) is 97.1 Å². The van der Waals surface area contributed by atoms with Gasteiger partial charge in [-0.05, 0) is 86.5 Å². The summed E-state index contributed by atoms with van der Waals surface area (Å²) in [5.41, 5.74) is 8.38. The lowest BCUT2D eigenvalue weighted by Crippen LogP contribution is -2.31. The molecule has 202 valence electrons. The van der Waals surface area contributed by atoms with Crippen LogP contribution in [-0.2, 0) is 13.1 Å². The summed E-state index contributed by atoms with van der Waals surface area (Å²) in [6.07, 6.45) is 17.8. The normalized spacial score (nSPS) is 15.8. The van der Waals surface area contributed by atoms with Crippen molar-refractivity contribution in [2.75, 3.05) is 26.2 Å². The molecule has 2 aromatic rings. The predicted octanol–water partition coefficient (Wildman–Crippen LogP) is 8.88. The number of nitrogens with zero attached hydrogens (tertiary/aromatic N) is 2. The lowest BCUT2D eigenvalue weighted by atomic mass is 9.96. The van der Waals surface area contributed by atoms with Crippen LogP contribution in [0.1, 0.15) is 75.3 Å². The molecule has 2 aliphatic rings. The maximum Gasteiger partial charge on any atom is 0.0237 e. The smallest absolute Gasteiger partial charge is 0.0237 e. The van der Waals surface area contributed by atoms with E-state index in [4.69, 9.17) is 0 Å². The van der Waals surface area contributed by atoms with Gasteiger partial charge in [0, 0.05) is 39.3 Å². The molecule has 0 atom stereocenters. The molecule has 2 aliphatic carbocycles. The standard InChI is InChI=1S/C36H48N2/c1-31(27-37(29-35-19-11-5-12-20-35)25-23-33-15-7-3-8-16-33)32(2)28-38(30-36-21-13-6-14-22-36)26-24-34-17-9-4-10-18-34/h5-6,11-15,17,19-22H,1-4,7-10,16,18,23-30H2. The van der Waals surface area contributed by atoms with Gasteiger partial charge in [-0.3, -0.25) is 9.80 Å². The number of allylic oxidation sites excluding steroid dienone is 2. The summed E-state index contributed by atoms with van der Waals surface area (Å²) < 4.78 is 0. The maximum absolute atomic E-state index is 4.55. The Labute approximate surface area is 232 Å². The Hall–Kier alpha value is -2.68. The van der Waals surface area contributed by atoms with Crippen LogP contribution in [0, 0.1) is 0 Å². The third-order valence-electron chi connectivity index (χ3n) is 8.10. The Morgan fingerprint density at radius 2 is 1.00 bits per heavy atom. The van der Waals surface area contributed by atoms with Gasteiger partial charge in [-0.2, -0.15) is 0 Å². The Kier molecular flexibility index (Phi) is 11.7. The summed E-state index contributed by atoms with van der Waals surface area (Å²) in [4.78, 5) is 5.15. The molecule has 2 aromatic carbocycles. The summed E-state index contributed by atoms with van der Waals surface area (Å²) in [5.74, 6) is 0. The van der Waals surface area contributed by atoms with Crippen molar-refractivity contribution in [2.24, 2.45) is 0 Å². The lowest BCUT2D eigenvalue weighted by Gasteiger charge is -2.28.